The van der Waals surface area contributed by atoms with Gasteiger partial charge in [-0.1, -0.05) is 6.42 Å². The quantitative estimate of drug-likeness (QED) is 0.640. The van der Waals surface area contributed by atoms with Gasteiger partial charge in [-0.3, -0.25) is 14.2 Å². The smallest absolute Gasteiger partial charge is 0.404 e. The Kier molecular flexibility index (Phi) is 5.94. The number of amides is 3. The lowest BCUT2D eigenvalue weighted by Crippen LogP contribution is -2.33. The number of benzene rings is 1. The van der Waals surface area contributed by atoms with E-state index in [1.807, 2.05) is 0 Å². The molecule has 12 heteroatoms. The lowest BCUT2D eigenvalue weighted by molar-refractivity contribution is -0.128. The summed E-state index contributed by atoms with van der Waals surface area (Å²) in [5.41, 5.74) is 4.97. The minimum atomic E-state index is -3.38. The molecule has 1 aliphatic rings. The van der Waals surface area contributed by atoms with E-state index < -0.39 is 36.5 Å². The molecule has 160 valence electrons. The van der Waals surface area contributed by atoms with Crippen molar-refractivity contribution in [3.05, 3.63) is 23.8 Å². The van der Waals surface area contributed by atoms with E-state index in [0.717, 1.165) is 12.8 Å². The molecule has 1 aliphatic carbocycles. The van der Waals surface area contributed by atoms with E-state index in [9.17, 15) is 33.4 Å². The van der Waals surface area contributed by atoms with Gasteiger partial charge in [-0.15, -0.1) is 10.2 Å². The van der Waals surface area contributed by atoms with Gasteiger partial charge in [0.25, 0.3) is 5.91 Å². The standard InChI is InChI=1S/C18H18F2N4O6/c19-13(20)15(26)23-22-14(25)8-5-6-9-10(7-8)17(28)24(16(9)27)11-3-1-2-4-12(11)30-18(21)29/h5-7,11-13,27-28H,1-4H2,(H2,21,29)/t11-,12-/m1/s1. The van der Waals surface area contributed by atoms with Crippen LogP contribution in [0.25, 0.3) is 10.8 Å². The summed E-state index contributed by atoms with van der Waals surface area (Å²) in [7, 11) is 0. The Morgan fingerprint density at radius 3 is 2.43 bits per heavy atom. The molecule has 0 saturated heterocycles. The second-order valence-electron chi connectivity index (χ2n) is 6.75. The summed E-state index contributed by atoms with van der Waals surface area (Å²) in [5.74, 6) is -3.62. The molecule has 2 aromatic rings. The molecule has 1 aromatic carbocycles. The van der Waals surface area contributed by atoms with Crippen LogP contribution in [-0.4, -0.2) is 45.2 Å². The van der Waals surface area contributed by atoms with Crippen molar-refractivity contribution in [2.45, 2.75) is 44.3 Å². The van der Waals surface area contributed by atoms with Crippen molar-refractivity contribution in [2.24, 2.45) is 16.0 Å². The van der Waals surface area contributed by atoms with Crippen molar-refractivity contribution >= 4 is 28.7 Å². The minimum Gasteiger partial charge on any atom is -0.494 e. The maximum absolute atomic E-state index is 12.2. The Balaban J connectivity index is 1.98. The number of fused-ring (bicyclic) bond motifs is 1. The Morgan fingerprint density at radius 2 is 1.77 bits per heavy atom. The van der Waals surface area contributed by atoms with Gasteiger partial charge in [0.05, 0.1) is 6.04 Å². The van der Waals surface area contributed by atoms with E-state index in [0.29, 0.717) is 12.8 Å². The van der Waals surface area contributed by atoms with Gasteiger partial charge < -0.3 is 20.7 Å². The molecule has 1 saturated carbocycles. The first kappa shape index (κ1) is 21.1. The zero-order chi connectivity index (χ0) is 22.0. The van der Waals surface area contributed by atoms with Gasteiger partial charge in [0.1, 0.15) is 6.10 Å². The van der Waals surface area contributed by atoms with Crippen LogP contribution in [0.5, 0.6) is 11.8 Å². The minimum absolute atomic E-state index is 0.0807. The molecule has 3 amide bonds. The zero-order valence-corrected chi connectivity index (χ0v) is 15.5. The van der Waals surface area contributed by atoms with Crippen LogP contribution in [0.4, 0.5) is 13.6 Å². The number of nitrogens with two attached hydrogens (primary N) is 1. The van der Waals surface area contributed by atoms with Crippen molar-refractivity contribution in [2.75, 3.05) is 0 Å². The van der Waals surface area contributed by atoms with Gasteiger partial charge in [-0.2, -0.15) is 8.78 Å². The largest absolute Gasteiger partial charge is 0.494 e. The third-order valence-corrected chi connectivity index (χ3v) is 4.90. The van der Waals surface area contributed by atoms with Crippen LogP contribution in [0, 0.1) is 0 Å². The van der Waals surface area contributed by atoms with Gasteiger partial charge >= 0.3 is 18.4 Å². The average Bonchev–Trinajstić information content (AvgIpc) is 2.95. The molecule has 4 N–H and O–H groups in total. The topological polar surface area (TPSA) is 157 Å². The number of carbonyl (C=O) groups is 3. The molecule has 0 aliphatic heterocycles. The molecular weight excluding hydrogens is 406 g/mol. The zero-order valence-electron chi connectivity index (χ0n) is 15.5. The third kappa shape index (κ3) is 4.07. The fourth-order valence-corrected chi connectivity index (χ4v) is 3.59. The Hall–Kier alpha value is -3.57. The summed E-state index contributed by atoms with van der Waals surface area (Å²) in [6, 6.07) is 3.16. The SMILES string of the molecule is NC(=O)O[C@@H]1CCCC[C@H]1n1c(O)c2ccc(C(=O)N=NC(=O)C(F)F)cc2c1O. The summed E-state index contributed by atoms with van der Waals surface area (Å²) in [6.45, 7) is 0. The fourth-order valence-electron chi connectivity index (χ4n) is 3.59. The number of hydrogen-bond acceptors (Lipinski definition) is 6. The summed E-state index contributed by atoms with van der Waals surface area (Å²) in [6.07, 6.45) is -2.50. The summed E-state index contributed by atoms with van der Waals surface area (Å²) in [4.78, 5) is 34.0. The fraction of sp³-hybridized carbons (Fsp3) is 0.389. The van der Waals surface area contributed by atoms with E-state index in [1.165, 1.54) is 22.8 Å². The normalized spacial score (nSPS) is 19.4. The van der Waals surface area contributed by atoms with E-state index in [4.69, 9.17) is 10.5 Å². The number of carbonyl (C=O) groups excluding carboxylic acids is 3. The molecule has 0 radical (unpaired) electrons. The highest BCUT2D eigenvalue weighted by Crippen LogP contribution is 2.44. The first-order valence-electron chi connectivity index (χ1n) is 9.00. The number of rotatable bonds is 4. The lowest BCUT2D eigenvalue weighted by atomic mass is 9.92. The number of azo groups is 1. The van der Waals surface area contributed by atoms with Crippen LogP contribution >= 0.6 is 0 Å². The Bertz CT molecular complexity index is 1040. The number of alkyl halides is 2. The highest BCUT2D eigenvalue weighted by atomic mass is 19.3. The highest BCUT2D eigenvalue weighted by molar-refractivity contribution is 6.02. The van der Waals surface area contributed by atoms with Gasteiger partial charge in [0.2, 0.25) is 11.8 Å². The van der Waals surface area contributed by atoms with Crippen LogP contribution in [0.3, 0.4) is 0 Å². The number of primary amides is 1. The van der Waals surface area contributed by atoms with Crippen LogP contribution in [0.2, 0.25) is 0 Å². The molecule has 30 heavy (non-hydrogen) atoms. The van der Waals surface area contributed by atoms with Crippen LogP contribution in [0.1, 0.15) is 42.1 Å². The second-order valence-corrected chi connectivity index (χ2v) is 6.75. The van der Waals surface area contributed by atoms with E-state index in [1.54, 1.807) is 0 Å². The van der Waals surface area contributed by atoms with Crippen LogP contribution in [-0.2, 0) is 9.53 Å². The predicted octanol–water partition coefficient (Wildman–Crippen LogP) is 3.02. The van der Waals surface area contributed by atoms with Crippen molar-refractivity contribution in [3.8, 4) is 11.8 Å². The Labute approximate surface area is 167 Å². The van der Waals surface area contributed by atoms with E-state index >= 15 is 0 Å². The van der Waals surface area contributed by atoms with Gasteiger partial charge in [0, 0.05) is 16.3 Å². The molecule has 1 fully saturated rings. The number of nitrogens with zero attached hydrogens (tertiary/aromatic N) is 3. The summed E-state index contributed by atoms with van der Waals surface area (Å²) in [5, 5.41) is 27.2. The highest BCUT2D eigenvalue weighted by Gasteiger charge is 2.33. The van der Waals surface area contributed by atoms with Crippen LogP contribution in [0.15, 0.2) is 28.4 Å². The van der Waals surface area contributed by atoms with Gasteiger partial charge in [-0.25, -0.2) is 4.79 Å². The number of aromatic nitrogens is 1. The van der Waals surface area contributed by atoms with Gasteiger partial charge in [0.15, 0.2) is 0 Å². The molecule has 2 atom stereocenters. The molecule has 3 rings (SSSR count). The molecule has 0 bridgehead atoms. The van der Waals surface area contributed by atoms with Gasteiger partial charge in [-0.05, 0) is 37.5 Å². The second kappa shape index (κ2) is 8.43. The monoisotopic (exact) mass is 424 g/mol. The number of halogens is 2. The molecule has 0 spiro atoms. The molecule has 0 unspecified atom stereocenters. The summed E-state index contributed by atoms with van der Waals surface area (Å²) < 4.78 is 30.6. The van der Waals surface area contributed by atoms with Crippen molar-refractivity contribution < 1.29 is 38.1 Å². The molecule has 1 aromatic heterocycles. The van der Waals surface area contributed by atoms with Crippen molar-refractivity contribution in [1.82, 2.24) is 4.57 Å². The van der Waals surface area contributed by atoms with E-state index in [2.05, 4.69) is 10.2 Å². The molecule has 1 heterocycles. The maximum Gasteiger partial charge on any atom is 0.404 e. The summed E-state index contributed by atoms with van der Waals surface area (Å²) >= 11 is 0. The van der Waals surface area contributed by atoms with E-state index in [-0.39, 0.29) is 28.1 Å². The first-order valence-corrected chi connectivity index (χ1v) is 9.00. The Morgan fingerprint density at radius 1 is 1.10 bits per heavy atom. The third-order valence-electron chi connectivity index (χ3n) is 4.90. The van der Waals surface area contributed by atoms with Crippen molar-refractivity contribution in [3.63, 3.8) is 0 Å². The van der Waals surface area contributed by atoms with Crippen LogP contribution < -0.4 is 5.73 Å². The number of hydrogen-bond donors (Lipinski definition) is 3. The predicted molar refractivity (Wildman–Crippen MR) is 97.4 cm³/mol. The molecular formula is C18H18F2N4O6. The number of aromatic hydroxyl groups is 2. The number of ether oxygens (including phenoxy) is 1. The first-order chi connectivity index (χ1) is 14.2. The molecule has 10 nitrogen and oxygen atoms in total. The maximum atomic E-state index is 12.2. The average molecular weight is 424 g/mol. The van der Waals surface area contributed by atoms with Crippen molar-refractivity contribution in [1.29, 1.82) is 0 Å². The lowest BCUT2D eigenvalue weighted by Gasteiger charge is -2.32.